The van der Waals surface area contributed by atoms with Crippen molar-refractivity contribution in [3.63, 3.8) is 0 Å². The monoisotopic (exact) mass is 560 g/mol. The van der Waals surface area contributed by atoms with E-state index in [1.54, 1.807) is 0 Å². The summed E-state index contributed by atoms with van der Waals surface area (Å²) in [6.45, 7) is 4.91. The first-order valence-corrected chi connectivity index (χ1v) is 10.4. The molecule has 2 aromatic carbocycles. The van der Waals surface area contributed by atoms with Crippen molar-refractivity contribution in [1.82, 2.24) is 15.5 Å². The predicted octanol–water partition coefficient (Wildman–Crippen LogP) is 4.70. The van der Waals surface area contributed by atoms with E-state index in [1.807, 2.05) is 36.1 Å². The Kier molecular flexibility index (Phi) is 9.80. The van der Waals surface area contributed by atoms with E-state index in [9.17, 15) is 18.0 Å². The van der Waals surface area contributed by atoms with Crippen LogP contribution in [0.3, 0.4) is 0 Å². The van der Waals surface area contributed by atoms with Crippen LogP contribution in [0, 0.1) is 0 Å². The fourth-order valence-electron chi connectivity index (χ4n) is 3.35. The number of nitrogens with one attached hydrogen (secondary N) is 2. The van der Waals surface area contributed by atoms with Gasteiger partial charge in [0.25, 0.3) is 0 Å². The Labute approximate surface area is 203 Å². The summed E-state index contributed by atoms with van der Waals surface area (Å²) in [5.41, 5.74) is 2.20. The number of hydrogen-bond donors (Lipinski definition) is 2. The number of likely N-dealkylation sites (tertiary alicyclic amines) is 1. The zero-order chi connectivity index (χ0) is 22.3. The zero-order valence-electron chi connectivity index (χ0n) is 17.9. The molecule has 0 saturated carbocycles. The fourth-order valence-corrected chi connectivity index (χ4v) is 3.35. The third-order valence-electron chi connectivity index (χ3n) is 5.07. The van der Waals surface area contributed by atoms with E-state index in [4.69, 9.17) is 0 Å². The first-order chi connectivity index (χ1) is 14.8. The van der Waals surface area contributed by atoms with Gasteiger partial charge in [-0.3, -0.25) is 4.79 Å². The number of carbonyl (C=O) groups is 1. The molecule has 1 aliphatic rings. The van der Waals surface area contributed by atoms with Crippen molar-refractivity contribution in [2.75, 3.05) is 13.1 Å². The number of alkyl halides is 3. The van der Waals surface area contributed by atoms with Crippen molar-refractivity contribution in [3.8, 4) is 0 Å². The number of rotatable bonds is 7. The van der Waals surface area contributed by atoms with Gasteiger partial charge in [-0.1, -0.05) is 36.4 Å². The van der Waals surface area contributed by atoms with Gasteiger partial charge in [-0.15, -0.1) is 24.0 Å². The van der Waals surface area contributed by atoms with Gasteiger partial charge in [0.15, 0.2) is 5.96 Å². The summed E-state index contributed by atoms with van der Waals surface area (Å²) in [4.78, 5) is 18.1. The normalized spacial score (nSPS) is 14.3. The van der Waals surface area contributed by atoms with E-state index in [2.05, 4.69) is 15.6 Å². The minimum Gasteiger partial charge on any atom is -0.357 e. The maximum Gasteiger partial charge on any atom is 0.416 e. The molecule has 0 aliphatic carbocycles. The second-order valence-corrected chi connectivity index (χ2v) is 7.48. The van der Waals surface area contributed by atoms with Crippen LogP contribution in [-0.2, 0) is 30.6 Å². The Morgan fingerprint density at radius 2 is 1.62 bits per heavy atom. The number of guanidine groups is 1. The van der Waals surface area contributed by atoms with Crippen molar-refractivity contribution in [3.05, 3.63) is 70.8 Å². The number of hydrogen-bond acceptors (Lipinski definition) is 2. The summed E-state index contributed by atoms with van der Waals surface area (Å²) in [5, 5.41) is 6.37. The Bertz CT molecular complexity index is 899. The predicted molar refractivity (Wildman–Crippen MR) is 130 cm³/mol. The van der Waals surface area contributed by atoms with Gasteiger partial charge >= 0.3 is 6.18 Å². The molecule has 0 aromatic heterocycles. The molecule has 1 saturated heterocycles. The highest BCUT2D eigenvalue weighted by molar-refractivity contribution is 14.0. The summed E-state index contributed by atoms with van der Waals surface area (Å²) in [7, 11) is 0. The van der Waals surface area contributed by atoms with Crippen LogP contribution < -0.4 is 10.6 Å². The molecule has 0 spiro atoms. The summed E-state index contributed by atoms with van der Waals surface area (Å²) < 4.78 is 38.0. The van der Waals surface area contributed by atoms with E-state index in [0.717, 1.165) is 36.2 Å². The van der Waals surface area contributed by atoms with Crippen molar-refractivity contribution >= 4 is 35.8 Å². The van der Waals surface area contributed by atoms with Crippen LogP contribution in [-0.4, -0.2) is 29.9 Å². The van der Waals surface area contributed by atoms with Gasteiger partial charge in [0.1, 0.15) is 0 Å². The van der Waals surface area contributed by atoms with E-state index < -0.39 is 11.7 Å². The van der Waals surface area contributed by atoms with Crippen LogP contribution in [0.2, 0.25) is 0 Å². The van der Waals surface area contributed by atoms with Gasteiger partial charge in [-0.2, -0.15) is 13.2 Å². The minimum absolute atomic E-state index is 0. The van der Waals surface area contributed by atoms with Crippen LogP contribution >= 0.6 is 24.0 Å². The number of nitrogens with zero attached hydrogens (tertiary/aromatic N) is 2. The fraction of sp³-hybridized carbons (Fsp3) is 0.391. The second-order valence-electron chi connectivity index (χ2n) is 7.48. The first-order valence-electron chi connectivity index (χ1n) is 10.4. The minimum atomic E-state index is -4.34. The molecule has 1 amide bonds. The smallest absolute Gasteiger partial charge is 0.357 e. The van der Waals surface area contributed by atoms with E-state index in [1.165, 1.54) is 12.1 Å². The molecule has 174 valence electrons. The van der Waals surface area contributed by atoms with Crippen molar-refractivity contribution < 1.29 is 18.0 Å². The number of aliphatic imine (C=N–C) groups is 1. The number of carbonyl (C=O) groups excluding carboxylic acids is 1. The van der Waals surface area contributed by atoms with Gasteiger partial charge in [-0.05, 0) is 42.2 Å². The molecule has 2 N–H and O–H groups in total. The molecule has 2 aromatic rings. The van der Waals surface area contributed by atoms with Crippen molar-refractivity contribution in [1.29, 1.82) is 0 Å². The maximum absolute atomic E-state index is 12.7. The van der Waals surface area contributed by atoms with E-state index in [-0.39, 0.29) is 36.4 Å². The van der Waals surface area contributed by atoms with Gasteiger partial charge in [0.05, 0.1) is 12.1 Å². The zero-order valence-corrected chi connectivity index (χ0v) is 20.2. The topological polar surface area (TPSA) is 56.7 Å². The molecule has 1 fully saturated rings. The van der Waals surface area contributed by atoms with E-state index >= 15 is 0 Å². The van der Waals surface area contributed by atoms with Crippen LogP contribution in [0.4, 0.5) is 13.2 Å². The SMILES string of the molecule is CCNC(=NCc1ccc(C(F)(F)F)cc1)NCc1ccc(CN2CCCC2=O)cc1.I. The number of amides is 1. The summed E-state index contributed by atoms with van der Waals surface area (Å²) in [6, 6.07) is 13.1. The highest BCUT2D eigenvalue weighted by Gasteiger charge is 2.29. The Balaban J connectivity index is 0.00000363. The van der Waals surface area contributed by atoms with Crippen LogP contribution in [0.1, 0.15) is 42.0 Å². The lowest BCUT2D eigenvalue weighted by Gasteiger charge is -2.16. The summed E-state index contributed by atoms with van der Waals surface area (Å²) >= 11 is 0. The lowest BCUT2D eigenvalue weighted by molar-refractivity contribution is -0.137. The largest absolute Gasteiger partial charge is 0.416 e. The van der Waals surface area contributed by atoms with Crippen LogP contribution in [0.25, 0.3) is 0 Å². The first kappa shape index (κ1) is 26.0. The summed E-state index contributed by atoms with van der Waals surface area (Å²) in [5.74, 6) is 0.805. The lowest BCUT2D eigenvalue weighted by Crippen LogP contribution is -2.36. The molecule has 1 aliphatic heterocycles. The molecule has 1 heterocycles. The van der Waals surface area contributed by atoms with E-state index in [0.29, 0.717) is 37.6 Å². The molecule has 0 radical (unpaired) electrons. The summed E-state index contributed by atoms with van der Waals surface area (Å²) in [6.07, 6.45) is -2.77. The second kappa shape index (κ2) is 12.1. The van der Waals surface area contributed by atoms with Crippen molar-refractivity contribution in [2.24, 2.45) is 4.99 Å². The molecular formula is C23H28F3IN4O. The highest BCUT2D eigenvalue weighted by Crippen LogP contribution is 2.29. The Morgan fingerprint density at radius 1 is 1.00 bits per heavy atom. The molecule has 5 nitrogen and oxygen atoms in total. The molecule has 9 heteroatoms. The average molecular weight is 560 g/mol. The van der Waals surface area contributed by atoms with Gasteiger partial charge in [0.2, 0.25) is 5.91 Å². The maximum atomic E-state index is 12.7. The molecule has 0 bridgehead atoms. The number of benzene rings is 2. The highest BCUT2D eigenvalue weighted by atomic mass is 127. The molecule has 0 atom stereocenters. The van der Waals surface area contributed by atoms with Gasteiger partial charge in [0, 0.05) is 32.6 Å². The quantitative estimate of drug-likeness (QED) is 0.294. The van der Waals surface area contributed by atoms with Crippen LogP contribution in [0.15, 0.2) is 53.5 Å². The molecular weight excluding hydrogens is 532 g/mol. The lowest BCUT2D eigenvalue weighted by atomic mass is 10.1. The standard InChI is InChI=1S/C23H27F3N4O.HI/c1-2-27-22(29-15-18-9-11-20(12-10-18)23(24,25)26)28-14-17-5-7-19(8-6-17)16-30-13-3-4-21(30)31;/h5-12H,2-4,13-16H2,1H3,(H2,27,28,29);1H. The number of halogens is 4. The average Bonchev–Trinajstić information content (AvgIpc) is 3.15. The molecule has 32 heavy (non-hydrogen) atoms. The molecule has 3 rings (SSSR count). The van der Waals surface area contributed by atoms with Crippen LogP contribution in [0.5, 0.6) is 0 Å². The Morgan fingerprint density at radius 3 is 2.19 bits per heavy atom. The Hall–Kier alpha value is -2.30. The molecule has 0 unspecified atom stereocenters. The van der Waals surface area contributed by atoms with Gasteiger partial charge < -0.3 is 15.5 Å². The third kappa shape index (κ3) is 7.68. The third-order valence-corrected chi connectivity index (χ3v) is 5.07. The van der Waals surface area contributed by atoms with Gasteiger partial charge in [-0.25, -0.2) is 4.99 Å². The van der Waals surface area contributed by atoms with Crippen molar-refractivity contribution in [2.45, 2.75) is 45.6 Å².